The lowest BCUT2D eigenvalue weighted by Crippen LogP contribution is -2.40. The molecule has 1 aliphatic heterocycles. The third-order valence-corrected chi connectivity index (χ3v) is 4.65. The smallest absolute Gasteiger partial charge is 0.254 e. The van der Waals surface area contributed by atoms with Crippen LogP contribution in [0.25, 0.3) is 6.08 Å². The van der Waals surface area contributed by atoms with Crippen molar-refractivity contribution < 1.29 is 23.8 Å². The number of amides is 2. The lowest BCUT2D eigenvalue weighted by Gasteiger charge is -2.27. The second-order valence-corrected chi connectivity index (χ2v) is 7.38. The van der Waals surface area contributed by atoms with Crippen LogP contribution in [0.1, 0.15) is 29.8 Å². The molecule has 2 amide bonds. The van der Waals surface area contributed by atoms with Crippen molar-refractivity contribution >= 4 is 23.6 Å². The summed E-state index contributed by atoms with van der Waals surface area (Å²) in [4.78, 5) is 26.7. The number of nitrogens with zero attached hydrogens (tertiary/aromatic N) is 1. The van der Waals surface area contributed by atoms with Crippen LogP contribution in [0.4, 0.5) is 5.69 Å². The molecule has 0 atom stereocenters. The van der Waals surface area contributed by atoms with E-state index < -0.39 is 0 Å². The standard InChI is InChI=1S/C24H28N2O5/c1-17(2)31-21-9-7-18(15-22(21)29-3)8-10-23(27)25-20-6-4-5-19(16-20)24(28)26-11-13-30-14-12-26/h4-10,15-17H,11-14H2,1-3H3,(H,25,27). The highest BCUT2D eigenvalue weighted by atomic mass is 16.5. The average molecular weight is 424 g/mol. The molecule has 7 heteroatoms. The lowest BCUT2D eigenvalue weighted by atomic mass is 10.1. The van der Waals surface area contributed by atoms with Crippen molar-refractivity contribution in [3.05, 3.63) is 59.7 Å². The summed E-state index contributed by atoms with van der Waals surface area (Å²) in [6.07, 6.45) is 3.17. The molecule has 2 aromatic rings. The summed E-state index contributed by atoms with van der Waals surface area (Å²) in [7, 11) is 1.58. The molecule has 0 aromatic heterocycles. The Morgan fingerprint density at radius 1 is 1.10 bits per heavy atom. The van der Waals surface area contributed by atoms with Crippen LogP contribution in [0.3, 0.4) is 0 Å². The number of hydrogen-bond donors (Lipinski definition) is 1. The molecule has 0 bridgehead atoms. The first-order chi connectivity index (χ1) is 15.0. The van der Waals surface area contributed by atoms with Crippen molar-refractivity contribution in [1.82, 2.24) is 4.90 Å². The molecule has 2 aromatic carbocycles. The molecule has 0 unspecified atom stereocenters. The molecule has 1 aliphatic rings. The monoisotopic (exact) mass is 424 g/mol. The van der Waals surface area contributed by atoms with Crippen molar-refractivity contribution in [2.75, 3.05) is 38.7 Å². The first-order valence-corrected chi connectivity index (χ1v) is 10.3. The van der Waals surface area contributed by atoms with Gasteiger partial charge in [0.1, 0.15) is 0 Å². The maximum atomic E-state index is 12.6. The minimum atomic E-state index is -0.294. The van der Waals surface area contributed by atoms with Crippen LogP contribution in [0, 0.1) is 0 Å². The first-order valence-electron chi connectivity index (χ1n) is 10.3. The number of carbonyl (C=O) groups is 2. The van der Waals surface area contributed by atoms with Gasteiger partial charge in [-0.3, -0.25) is 9.59 Å². The summed E-state index contributed by atoms with van der Waals surface area (Å²) in [5.41, 5.74) is 1.90. The Hall–Kier alpha value is -3.32. The normalized spacial score (nSPS) is 14.0. The van der Waals surface area contributed by atoms with E-state index in [0.29, 0.717) is 49.1 Å². The maximum absolute atomic E-state index is 12.6. The van der Waals surface area contributed by atoms with Crippen molar-refractivity contribution in [2.24, 2.45) is 0 Å². The molecular formula is C24H28N2O5. The van der Waals surface area contributed by atoms with Gasteiger partial charge in [0.2, 0.25) is 5.91 Å². The number of morpholine rings is 1. The van der Waals surface area contributed by atoms with Crippen LogP contribution >= 0.6 is 0 Å². The van der Waals surface area contributed by atoms with Gasteiger partial charge >= 0.3 is 0 Å². The van der Waals surface area contributed by atoms with E-state index in [0.717, 1.165) is 5.56 Å². The molecule has 7 nitrogen and oxygen atoms in total. The summed E-state index contributed by atoms with van der Waals surface area (Å²) in [6.45, 7) is 6.12. The summed E-state index contributed by atoms with van der Waals surface area (Å²) in [5.74, 6) is 0.898. The zero-order chi connectivity index (χ0) is 22.2. The van der Waals surface area contributed by atoms with E-state index in [4.69, 9.17) is 14.2 Å². The Bertz CT molecular complexity index is 949. The van der Waals surface area contributed by atoms with Gasteiger partial charge in [-0.2, -0.15) is 0 Å². The van der Waals surface area contributed by atoms with E-state index in [1.165, 1.54) is 6.08 Å². The Morgan fingerprint density at radius 2 is 1.87 bits per heavy atom. The number of methoxy groups -OCH3 is 1. The molecule has 1 N–H and O–H groups in total. The van der Waals surface area contributed by atoms with Crippen LogP contribution in [0.15, 0.2) is 48.5 Å². The molecule has 1 fully saturated rings. The van der Waals surface area contributed by atoms with E-state index in [1.807, 2.05) is 32.0 Å². The molecule has 3 rings (SSSR count). The van der Waals surface area contributed by atoms with Gasteiger partial charge in [0.25, 0.3) is 5.91 Å². The molecule has 1 saturated heterocycles. The van der Waals surface area contributed by atoms with E-state index >= 15 is 0 Å². The second-order valence-electron chi connectivity index (χ2n) is 7.38. The largest absolute Gasteiger partial charge is 0.493 e. The number of hydrogen-bond acceptors (Lipinski definition) is 5. The number of ether oxygens (including phenoxy) is 3. The zero-order valence-corrected chi connectivity index (χ0v) is 18.1. The predicted molar refractivity (Wildman–Crippen MR) is 120 cm³/mol. The van der Waals surface area contributed by atoms with Crippen molar-refractivity contribution in [3.63, 3.8) is 0 Å². The van der Waals surface area contributed by atoms with E-state index in [2.05, 4.69) is 5.32 Å². The van der Waals surface area contributed by atoms with Crippen LogP contribution in [-0.4, -0.2) is 56.2 Å². The third-order valence-electron chi connectivity index (χ3n) is 4.65. The summed E-state index contributed by atoms with van der Waals surface area (Å²) in [5, 5.41) is 2.80. The molecule has 0 aliphatic carbocycles. The van der Waals surface area contributed by atoms with Gasteiger partial charge < -0.3 is 24.4 Å². The van der Waals surface area contributed by atoms with E-state index in [1.54, 1.807) is 42.4 Å². The van der Waals surface area contributed by atoms with Crippen molar-refractivity contribution in [2.45, 2.75) is 20.0 Å². The fraction of sp³-hybridized carbons (Fsp3) is 0.333. The fourth-order valence-corrected chi connectivity index (χ4v) is 3.17. The highest BCUT2D eigenvalue weighted by Gasteiger charge is 2.18. The van der Waals surface area contributed by atoms with Gasteiger partial charge in [-0.1, -0.05) is 12.1 Å². The molecule has 164 valence electrons. The first kappa shape index (κ1) is 22.4. The van der Waals surface area contributed by atoms with Gasteiger partial charge in [0, 0.05) is 30.4 Å². The van der Waals surface area contributed by atoms with Gasteiger partial charge in [0.05, 0.1) is 26.4 Å². The quantitative estimate of drug-likeness (QED) is 0.687. The Balaban J connectivity index is 1.64. The Labute approximate surface area is 182 Å². The number of carbonyl (C=O) groups excluding carboxylic acids is 2. The van der Waals surface area contributed by atoms with E-state index in [9.17, 15) is 9.59 Å². The van der Waals surface area contributed by atoms with Crippen molar-refractivity contribution in [3.8, 4) is 11.5 Å². The molecule has 0 radical (unpaired) electrons. The van der Waals surface area contributed by atoms with Gasteiger partial charge in [0.15, 0.2) is 11.5 Å². The lowest BCUT2D eigenvalue weighted by molar-refractivity contribution is -0.111. The number of rotatable bonds is 7. The summed E-state index contributed by atoms with van der Waals surface area (Å²) < 4.78 is 16.4. The van der Waals surface area contributed by atoms with Crippen LogP contribution in [0.5, 0.6) is 11.5 Å². The maximum Gasteiger partial charge on any atom is 0.254 e. The predicted octanol–water partition coefficient (Wildman–Crippen LogP) is 3.61. The summed E-state index contributed by atoms with van der Waals surface area (Å²) in [6, 6.07) is 12.4. The minimum absolute atomic E-state index is 0.0342. The highest BCUT2D eigenvalue weighted by Crippen LogP contribution is 2.29. The molecule has 0 spiro atoms. The minimum Gasteiger partial charge on any atom is -0.493 e. The highest BCUT2D eigenvalue weighted by molar-refractivity contribution is 6.03. The average Bonchev–Trinajstić information content (AvgIpc) is 2.78. The fourth-order valence-electron chi connectivity index (χ4n) is 3.17. The topological polar surface area (TPSA) is 77.1 Å². The number of benzene rings is 2. The zero-order valence-electron chi connectivity index (χ0n) is 18.1. The Morgan fingerprint density at radius 3 is 2.58 bits per heavy atom. The van der Waals surface area contributed by atoms with E-state index in [-0.39, 0.29) is 17.9 Å². The molecule has 1 heterocycles. The van der Waals surface area contributed by atoms with Gasteiger partial charge in [-0.15, -0.1) is 0 Å². The van der Waals surface area contributed by atoms with Gasteiger partial charge in [-0.05, 0) is 55.8 Å². The van der Waals surface area contributed by atoms with Crippen LogP contribution in [0.2, 0.25) is 0 Å². The Kier molecular flexibility index (Phi) is 7.67. The number of anilines is 1. The number of nitrogens with one attached hydrogen (secondary N) is 1. The SMILES string of the molecule is COc1cc(C=CC(=O)Nc2cccc(C(=O)N3CCOCC3)c2)ccc1OC(C)C. The van der Waals surface area contributed by atoms with Crippen molar-refractivity contribution in [1.29, 1.82) is 0 Å². The third kappa shape index (κ3) is 6.33. The van der Waals surface area contributed by atoms with Crippen LogP contribution < -0.4 is 14.8 Å². The van der Waals surface area contributed by atoms with Gasteiger partial charge in [-0.25, -0.2) is 0 Å². The molecule has 31 heavy (non-hydrogen) atoms. The van der Waals surface area contributed by atoms with Crippen LogP contribution in [-0.2, 0) is 9.53 Å². The summed E-state index contributed by atoms with van der Waals surface area (Å²) >= 11 is 0. The molecule has 0 saturated carbocycles. The second kappa shape index (κ2) is 10.6. The molecular weight excluding hydrogens is 396 g/mol.